The molecule has 0 N–H and O–H groups in total. The van der Waals surface area contributed by atoms with Crippen molar-refractivity contribution < 1.29 is 27.2 Å². The number of para-hydroxylation sites is 1. The lowest BCUT2D eigenvalue weighted by molar-refractivity contribution is 0.0429. The van der Waals surface area contributed by atoms with Crippen LogP contribution in [0.25, 0.3) is 11.4 Å². The van der Waals surface area contributed by atoms with E-state index in [2.05, 4.69) is 14.5 Å². The van der Waals surface area contributed by atoms with Crippen molar-refractivity contribution in [3.05, 3.63) is 53.9 Å². The standard InChI is InChI=1S/C21H18N4O6S2/c1-2-29-16-6-4-3-5-14(16)19-22-18(31-23-19)12-30-20(26)13-7-8-15-17(11-13)32-21-24-33(27,28)10-9-25(15)21/h3-8,11H,2,9-10,12H2,1H3. The summed E-state index contributed by atoms with van der Waals surface area (Å²) < 4.78 is 43.5. The van der Waals surface area contributed by atoms with Crippen molar-refractivity contribution in [1.29, 1.82) is 0 Å². The van der Waals surface area contributed by atoms with E-state index < -0.39 is 16.0 Å². The summed E-state index contributed by atoms with van der Waals surface area (Å²) in [5.41, 5.74) is 1.82. The van der Waals surface area contributed by atoms with Crippen LogP contribution in [-0.4, -0.2) is 48.6 Å². The van der Waals surface area contributed by atoms with Crippen molar-refractivity contribution in [2.75, 3.05) is 23.8 Å². The topological polar surface area (TPSA) is 124 Å². The lowest BCUT2D eigenvalue weighted by atomic mass is 10.2. The Morgan fingerprint density at radius 2 is 2.09 bits per heavy atom. The third-order valence-electron chi connectivity index (χ3n) is 4.93. The van der Waals surface area contributed by atoms with Crippen molar-refractivity contribution in [1.82, 2.24) is 10.1 Å². The fraction of sp³-hybridized carbons (Fsp3) is 0.238. The van der Waals surface area contributed by atoms with Crippen molar-refractivity contribution in [2.24, 2.45) is 4.40 Å². The first-order chi connectivity index (χ1) is 15.9. The maximum absolute atomic E-state index is 12.6. The average molecular weight is 487 g/mol. The van der Waals surface area contributed by atoms with Gasteiger partial charge in [-0.1, -0.05) is 17.3 Å². The van der Waals surface area contributed by atoms with E-state index in [1.807, 2.05) is 36.1 Å². The van der Waals surface area contributed by atoms with Crippen molar-refractivity contribution >= 4 is 38.6 Å². The Morgan fingerprint density at radius 1 is 1.24 bits per heavy atom. The minimum absolute atomic E-state index is 0.0402. The number of hydrogen-bond donors (Lipinski definition) is 0. The molecule has 2 aromatic carbocycles. The van der Waals surface area contributed by atoms with E-state index in [1.165, 1.54) is 11.8 Å². The van der Waals surface area contributed by atoms with Gasteiger partial charge in [0.05, 0.1) is 29.2 Å². The zero-order valence-corrected chi connectivity index (χ0v) is 19.1. The molecule has 10 nitrogen and oxygen atoms in total. The summed E-state index contributed by atoms with van der Waals surface area (Å²) in [6.07, 6.45) is 0. The molecule has 0 atom stereocenters. The Bertz CT molecular complexity index is 1370. The lowest BCUT2D eigenvalue weighted by Gasteiger charge is -2.22. The van der Waals surface area contributed by atoms with Crippen LogP contribution in [0.5, 0.6) is 5.75 Å². The van der Waals surface area contributed by atoms with Crippen LogP contribution in [0, 0.1) is 0 Å². The molecular formula is C21H18N4O6S2. The van der Waals surface area contributed by atoms with Crippen LogP contribution in [0.3, 0.4) is 0 Å². The fourth-order valence-corrected chi connectivity index (χ4v) is 5.72. The number of hydrogen-bond acceptors (Lipinski definition) is 10. The van der Waals surface area contributed by atoms with E-state index in [9.17, 15) is 13.2 Å². The Kier molecular flexibility index (Phi) is 5.54. The van der Waals surface area contributed by atoms with Gasteiger partial charge in [-0.3, -0.25) is 0 Å². The molecule has 0 spiro atoms. The number of amidine groups is 1. The minimum atomic E-state index is -3.44. The molecule has 0 aliphatic carbocycles. The molecule has 5 rings (SSSR count). The number of carbonyl (C=O) groups excluding carboxylic acids is 1. The van der Waals surface area contributed by atoms with Gasteiger partial charge in [0, 0.05) is 11.4 Å². The first-order valence-electron chi connectivity index (χ1n) is 10.1. The van der Waals surface area contributed by atoms with Crippen LogP contribution in [0.4, 0.5) is 5.69 Å². The van der Waals surface area contributed by atoms with Crippen molar-refractivity contribution in [3.63, 3.8) is 0 Å². The molecule has 0 bridgehead atoms. The monoisotopic (exact) mass is 486 g/mol. The highest BCUT2D eigenvalue weighted by Gasteiger charge is 2.33. The molecule has 2 aliphatic rings. The second-order valence-electron chi connectivity index (χ2n) is 7.11. The van der Waals surface area contributed by atoms with E-state index in [-0.39, 0.29) is 18.3 Å². The second-order valence-corrected chi connectivity index (χ2v) is 9.88. The van der Waals surface area contributed by atoms with Gasteiger partial charge in [0.2, 0.25) is 5.82 Å². The molecule has 2 aliphatic heterocycles. The second kappa shape index (κ2) is 8.52. The summed E-state index contributed by atoms with van der Waals surface area (Å²) >= 11 is 1.21. The number of sulfonamides is 1. The number of nitrogens with zero attached hydrogens (tertiary/aromatic N) is 4. The molecule has 12 heteroatoms. The van der Waals surface area contributed by atoms with Gasteiger partial charge in [0.15, 0.2) is 11.8 Å². The number of ether oxygens (including phenoxy) is 2. The molecule has 0 saturated carbocycles. The van der Waals surface area contributed by atoms with Gasteiger partial charge < -0.3 is 18.9 Å². The average Bonchev–Trinajstić information content (AvgIpc) is 3.40. The third kappa shape index (κ3) is 4.31. The molecule has 170 valence electrons. The number of anilines is 1. The smallest absolute Gasteiger partial charge is 0.338 e. The predicted octanol–water partition coefficient (Wildman–Crippen LogP) is 3.10. The number of esters is 1. The fourth-order valence-electron chi connectivity index (χ4n) is 3.42. The Labute approximate surface area is 193 Å². The number of fused-ring (bicyclic) bond motifs is 3. The van der Waals surface area contributed by atoms with Crippen LogP contribution in [-0.2, 0) is 21.4 Å². The maximum atomic E-state index is 12.6. The minimum Gasteiger partial charge on any atom is -0.493 e. The van der Waals surface area contributed by atoms with E-state index in [0.29, 0.717) is 41.0 Å². The SMILES string of the molecule is CCOc1ccccc1-c1noc(COC(=O)c2ccc3c(c2)SC2=NS(=O)(=O)CCN23)n1. The quantitative estimate of drug-likeness (QED) is 0.480. The number of thioether (sulfide) groups is 1. The van der Waals surface area contributed by atoms with Gasteiger partial charge in [-0.2, -0.15) is 4.98 Å². The third-order valence-corrected chi connectivity index (χ3v) is 7.24. The number of rotatable bonds is 6. The van der Waals surface area contributed by atoms with E-state index in [4.69, 9.17) is 14.0 Å². The highest BCUT2D eigenvalue weighted by molar-refractivity contribution is 8.15. The molecule has 0 fully saturated rings. The van der Waals surface area contributed by atoms with Gasteiger partial charge in [-0.15, -0.1) is 4.40 Å². The highest BCUT2D eigenvalue weighted by Crippen LogP contribution is 2.42. The van der Waals surface area contributed by atoms with E-state index in [0.717, 1.165) is 10.6 Å². The van der Waals surface area contributed by atoms with Gasteiger partial charge in [-0.25, -0.2) is 13.2 Å². The highest BCUT2D eigenvalue weighted by atomic mass is 32.2. The van der Waals surface area contributed by atoms with Crippen LogP contribution in [0.1, 0.15) is 23.2 Å². The van der Waals surface area contributed by atoms with Gasteiger partial charge >= 0.3 is 5.97 Å². The first kappa shape index (κ1) is 21.5. The summed E-state index contributed by atoms with van der Waals surface area (Å²) in [4.78, 5) is 19.4. The first-order valence-corrected chi connectivity index (χ1v) is 12.5. The van der Waals surface area contributed by atoms with Crippen molar-refractivity contribution in [2.45, 2.75) is 18.4 Å². The number of carbonyl (C=O) groups is 1. The van der Waals surface area contributed by atoms with Crippen LogP contribution in [0.15, 0.2) is 56.3 Å². The summed E-state index contributed by atoms with van der Waals surface area (Å²) in [7, 11) is -3.44. The molecule has 0 radical (unpaired) electrons. The van der Waals surface area contributed by atoms with Crippen LogP contribution in [0.2, 0.25) is 0 Å². The van der Waals surface area contributed by atoms with E-state index in [1.54, 1.807) is 18.2 Å². The van der Waals surface area contributed by atoms with Gasteiger partial charge in [-0.05, 0) is 49.0 Å². The van der Waals surface area contributed by atoms with Gasteiger partial charge in [0.25, 0.3) is 15.9 Å². The Morgan fingerprint density at radius 3 is 2.94 bits per heavy atom. The molecule has 3 aromatic rings. The van der Waals surface area contributed by atoms with Crippen LogP contribution < -0.4 is 9.64 Å². The largest absolute Gasteiger partial charge is 0.493 e. The molecule has 0 saturated heterocycles. The zero-order chi connectivity index (χ0) is 23.0. The maximum Gasteiger partial charge on any atom is 0.338 e. The van der Waals surface area contributed by atoms with Gasteiger partial charge in [0.1, 0.15) is 5.75 Å². The molecule has 33 heavy (non-hydrogen) atoms. The predicted molar refractivity (Wildman–Crippen MR) is 121 cm³/mol. The molecule has 0 unspecified atom stereocenters. The summed E-state index contributed by atoms with van der Waals surface area (Å²) in [5.74, 6) is 0.519. The molecule has 0 amide bonds. The zero-order valence-electron chi connectivity index (χ0n) is 17.4. The molecule has 3 heterocycles. The van der Waals surface area contributed by atoms with Crippen LogP contribution >= 0.6 is 11.8 Å². The molecule has 1 aromatic heterocycles. The lowest BCUT2D eigenvalue weighted by Crippen LogP contribution is -2.35. The number of benzene rings is 2. The Hall–Kier alpha value is -3.38. The molecular weight excluding hydrogens is 468 g/mol. The normalized spacial score (nSPS) is 16.0. The van der Waals surface area contributed by atoms with Crippen molar-refractivity contribution in [3.8, 4) is 17.1 Å². The van der Waals surface area contributed by atoms with E-state index >= 15 is 0 Å². The number of aromatic nitrogens is 2. The summed E-state index contributed by atoms with van der Waals surface area (Å²) in [6, 6.07) is 12.4. The Balaban J connectivity index is 1.27. The summed E-state index contributed by atoms with van der Waals surface area (Å²) in [5, 5.41) is 4.35. The summed E-state index contributed by atoms with van der Waals surface area (Å²) in [6.45, 7) is 2.52.